The average Bonchev–Trinajstić information content (AvgIpc) is 2.97. The summed E-state index contributed by atoms with van der Waals surface area (Å²) in [5, 5.41) is 19.5. The Morgan fingerprint density at radius 1 is 1.28 bits per heavy atom. The molecule has 0 aliphatic carbocycles. The van der Waals surface area contributed by atoms with Gasteiger partial charge in [0.2, 0.25) is 0 Å². The highest BCUT2D eigenvalue weighted by Crippen LogP contribution is 2.12. The highest BCUT2D eigenvalue weighted by molar-refractivity contribution is 7.80. The molecule has 2 aromatic carbocycles. The first-order valence-electron chi connectivity index (χ1n) is 8.36. The lowest BCUT2D eigenvalue weighted by atomic mass is 10.2. The van der Waals surface area contributed by atoms with Crippen molar-refractivity contribution in [3.8, 4) is 5.69 Å². The zero-order chi connectivity index (χ0) is 21.0. The number of benzene rings is 2. The monoisotopic (exact) mass is 429 g/mol. The Hall–Kier alpha value is -3.43. The molecule has 0 radical (unpaired) electrons. The van der Waals surface area contributed by atoms with E-state index < -0.39 is 5.97 Å². The topological polar surface area (TPSA) is 112 Å². The number of thiocarbonyl (C=S) groups is 1. The summed E-state index contributed by atoms with van der Waals surface area (Å²) < 4.78 is 1.39. The normalized spacial score (nSPS) is 10.8. The molecule has 0 fully saturated rings. The summed E-state index contributed by atoms with van der Waals surface area (Å²) in [5.74, 6) is -1.04. The number of hydrogen-bond donors (Lipinski definition) is 4. The zero-order valence-corrected chi connectivity index (χ0v) is 16.7. The van der Waals surface area contributed by atoms with Crippen molar-refractivity contribution in [1.82, 2.24) is 15.2 Å². The predicted molar refractivity (Wildman–Crippen MR) is 116 cm³/mol. The lowest BCUT2D eigenvalue weighted by Crippen LogP contribution is -2.24. The molecule has 10 heteroatoms. The number of carboxylic acids is 1. The van der Waals surface area contributed by atoms with Crippen molar-refractivity contribution in [2.24, 2.45) is 5.10 Å². The number of aromatic carboxylic acids is 1. The van der Waals surface area contributed by atoms with Crippen LogP contribution < -0.4 is 16.3 Å². The Bertz CT molecular complexity index is 1150. The van der Waals surface area contributed by atoms with Crippen molar-refractivity contribution in [1.29, 1.82) is 0 Å². The summed E-state index contributed by atoms with van der Waals surface area (Å²) in [6, 6.07) is 13.0. The molecule has 148 valence electrons. The molecule has 8 nitrogen and oxygen atoms in total. The standard InChI is InChI=1S/C19H16ClN5O3S/c1-11-16(17(26)25(24-11)15-7-5-13(20)6-8-15)10-21-23-19(29)22-14-4-2-3-12(9-14)18(27)28/h2-10,24H,1H3,(H,27,28)(H2,22,23,29)/b21-10+. The summed E-state index contributed by atoms with van der Waals surface area (Å²) in [6.45, 7) is 1.75. The van der Waals surface area contributed by atoms with Gasteiger partial charge in [-0.1, -0.05) is 17.7 Å². The van der Waals surface area contributed by atoms with Crippen LogP contribution in [0.15, 0.2) is 58.4 Å². The third-order valence-corrected chi connectivity index (χ3v) is 4.37. The van der Waals surface area contributed by atoms with Crippen LogP contribution in [0.25, 0.3) is 5.69 Å². The fraction of sp³-hybridized carbons (Fsp3) is 0.0526. The average molecular weight is 430 g/mol. The Morgan fingerprint density at radius 3 is 2.69 bits per heavy atom. The molecule has 4 N–H and O–H groups in total. The Balaban J connectivity index is 1.70. The van der Waals surface area contributed by atoms with Crippen LogP contribution in [0.3, 0.4) is 0 Å². The van der Waals surface area contributed by atoms with E-state index in [9.17, 15) is 9.59 Å². The van der Waals surface area contributed by atoms with Gasteiger partial charge in [-0.05, 0) is 61.6 Å². The molecule has 0 atom stereocenters. The van der Waals surface area contributed by atoms with Crippen molar-refractivity contribution in [2.45, 2.75) is 6.92 Å². The van der Waals surface area contributed by atoms with E-state index in [1.165, 1.54) is 23.0 Å². The predicted octanol–water partition coefficient (Wildman–Crippen LogP) is 3.15. The quantitative estimate of drug-likeness (QED) is 0.281. The van der Waals surface area contributed by atoms with E-state index in [0.717, 1.165) is 0 Å². The van der Waals surface area contributed by atoms with E-state index in [1.807, 2.05) is 0 Å². The van der Waals surface area contributed by atoms with Gasteiger partial charge in [-0.15, -0.1) is 0 Å². The molecule has 0 saturated carbocycles. The lowest BCUT2D eigenvalue weighted by molar-refractivity contribution is 0.0697. The first-order chi connectivity index (χ1) is 13.8. The van der Waals surface area contributed by atoms with Gasteiger partial charge in [0.15, 0.2) is 5.11 Å². The highest BCUT2D eigenvalue weighted by atomic mass is 35.5. The molecular formula is C19H16ClN5O3S. The summed E-state index contributed by atoms with van der Waals surface area (Å²) in [4.78, 5) is 23.6. The second-order valence-corrected chi connectivity index (χ2v) is 6.82. The van der Waals surface area contributed by atoms with Gasteiger partial charge in [-0.25, -0.2) is 9.48 Å². The molecule has 1 aromatic heterocycles. The van der Waals surface area contributed by atoms with E-state index in [0.29, 0.717) is 27.7 Å². The number of H-pyrrole nitrogens is 1. The summed E-state index contributed by atoms with van der Waals surface area (Å²) in [7, 11) is 0. The molecule has 0 spiro atoms. The van der Waals surface area contributed by atoms with E-state index >= 15 is 0 Å². The van der Waals surface area contributed by atoms with E-state index in [-0.39, 0.29) is 16.2 Å². The second kappa shape index (κ2) is 8.72. The number of aromatic amines is 1. The number of aryl methyl sites for hydroxylation is 1. The highest BCUT2D eigenvalue weighted by Gasteiger charge is 2.11. The van der Waals surface area contributed by atoms with Crippen molar-refractivity contribution in [2.75, 3.05) is 5.32 Å². The fourth-order valence-electron chi connectivity index (χ4n) is 2.53. The lowest BCUT2D eigenvalue weighted by Gasteiger charge is -2.07. The first-order valence-corrected chi connectivity index (χ1v) is 9.15. The first kappa shape index (κ1) is 20.3. The van der Waals surface area contributed by atoms with Crippen LogP contribution in [0.4, 0.5) is 5.69 Å². The van der Waals surface area contributed by atoms with Crippen LogP contribution in [0, 0.1) is 6.92 Å². The number of carboxylic acid groups (broad SMARTS) is 1. The third-order valence-electron chi connectivity index (χ3n) is 3.93. The van der Waals surface area contributed by atoms with E-state index in [2.05, 4.69) is 20.9 Å². The largest absolute Gasteiger partial charge is 0.478 e. The molecule has 0 aliphatic rings. The van der Waals surface area contributed by atoms with Crippen LogP contribution in [0.2, 0.25) is 5.02 Å². The van der Waals surface area contributed by atoms with Crippen LogP contribution in [-0.4, -0.2) is 32.2 Å². The van der Waals surface area contributed by atoms with Gasteiger partial charge in [-0.2, -0.15) is 5.10 Å². The Morgan fingerprint density at radius 2 is 2.00 bits per heavy atom. The smallest absolute Gasteiger partial charge is 0.335 e. The minimum absolute atomic E-state index is 0.131. The van der Waals surface area contributed by atoms with E-state index in [4.69, 9.17) is 28.9 Å². The van der Waals surface area contributed by atoms with Crippen molar-refractivity contribution < 1.29 is 9.90 Å². The third kappa shape index (κ3) is 4.89. The Kier molecular flexibility index (Phi) is 6.10. The summed E-state index contributed by atoms with van der Waals surface area (Å²) in [6.07, 6.45) is 1.36. The number of nitrogens with one attached hydrogen (secondary N) is 3. The number of carbonyl (C=O) groups is 1. The fourth-order valence-corrected chi connectivity index (χ4v) is 2.82. The van der Waals surface area contributed by atoms with Crippen LogP contribution in [0.5, 0.6) is 0 Å². The number of nitrogens with zero attached hydrogens (tertiary/aromatic N) is 2. The summed E-state index contributed by atoms with van der Waals surface area (Å²) >= 11 is 11.0. The maximum Gasteiger partial charge on any atom is 0.335 e. The van der Waals surface area contributed by atoms with Gasteiger partial charge in [0, 0.05) is 16.4 Å². The van der Waals surface area contributed by atoms with Gasteiger partial charge in [0.25, 0.3) is 5.56 Å². The molecule has 0 aliphatic heterocycles. The maximum atomic E-state index is 12.6. The molecule has 0 saturated heterocycles. The minimum atomic E-state index is -1.04. The zero-order valence-electron chi connectivity index (χ0n) is 15.1. The van der Waals surface area contributed by atoms with Crippen molar-refractivity contribution in [3.63, 3.8) is 0 Å². The minimum Gasteiger partial charge on any atom is -0.478 e. The molecule has 0 amide bonds. The molecule has 29 heavy (non-hydrogen) atoms. The molecule has 0 unspecified atom stereocenters. The number of anilines is 1. The van der Waals surface area contributed by atoms with Crippen molar-refractivity contribution >= 4 is 46.8 Å². The van der Waals surface area contributed by atoms with Crippen LogP contribution >= 0.6 is 23.8 Å². The number of rotatable bonds is 5. The number of hydrogen-bond acceptors (Lipinski definition) is 4. The van der Waals surface area contributed by atoms with E-state index in [1.54, 1.807) is 43.3 Å². The van der Waals surface area contributed by atoms with Crippen LogP contribution in [-0.2, 0) is 0 Å². The molecule has 0 bridgehead atoms. The van der Waals surface area contributed by atoms with Gasteiger partial charge in [0.1, 0.15) is 0 Å². The van der Waals surface area contributed by atoms with Gasteiger partial charge >= 0.3 is 5.97 Å². The van der Waals surface area contributed by atoms with Crippen LogP contribution in [0.1, 0.15) is 21.6 Å². The molecule has 1 heterocycles. The second-order valence-electron chi connectivity index (χ2n) is 5.98. The maximum absolute atomic E-state index is 12.6. The van der Waals surface area contributed by atoms with Gasteiger partial charge in [0.05, 0.1) is 23.0 Å². The SMILES string of the molecule is Cc1[nH]n(-c2ccc(Cl)cc2)c(=O)c1/C=N/NC(=S)Nc1cccc(C(=O)O)c1. The van der Waals surface area contributed by atoms with Gasteiger partial charge in [-0.3, -0.25) is 15.3 Å². The molecule has 3 rings (SSSR count). The molecular weight excluding hydrogens is 414 g/mol. The van der Waals surface area contributed by atoms with Crippen molar-refractivity contribution in [3.05, 3.63) is 80.7 Å². The van der Waals surface area contributed by atoms with Gasteiger partial charge < -0.3 is 10.4 Å². The number of aromatic nitrogens is 2. The summed E-state index contributed by atoms with van der Waals surface area (Å²) in [5.41, 5.74) is 4.60. The Labute approximate surface area is 175 Å². The number of halogens is 1. The number of hydrazone groups is 1. The molecule has 3 aromatic rings.